The Morgan fingerprint density at radius 2 is 1.73 bits per heavy atom. The molecule has 3 saturated heterocycles. The SMILES string of the molecule is O=CC(=O)C1(N2CCCCC2N2CCCCCC2)CCC[N]1. The highest BCUT2D eigenvalue weighted by atomic mass is 16.2. The minimum atomic E-state index is -0.848. The summed E-state index contributed by atoms with van der Waals surface area (Å²) in [4.78, 5) is 28.5. The average molecular weight is 306 g/mol. The number of Topliss-reactive ketones (excluding diaryl/α,β-unsaturated/α-hetero) is 1. The molecule has 0 N–H and O–H groups in total. The van der Waals surface area contributed by atoms with Gasteiger partial charge in [0.1, 0.15) is 0 Å². The van der Waals surface area contributed by atoms with Gasteiger partial charge in [0, 0.05) is 13.1 Å². The predicted molar refractivity (Wildman–Crippen MR) is 84.4 cm³/mol. The summed E-state index contributed by atoms with van der Waals surface area (Å²) in [5, 5.41) is 4.65. The summed E-state index contributed by atoms with van der Waals surface area (Å²) in [5.41, 5.74) is -0.848. The topological polar surface area (TPSA) is 54.7 Å². The van der Waals surface area contributed by atoms with Crippen molar-refractivity contribution in [2.24, 2.45) is 0 Å². The van der Waals surface area contributed by atoms with Crippen molar-refractivity contribution in [3.63, 3.8) is 0 Å². The molecular formula is C17H28N3O2. The molecule has 0 aromatic rings. The maximum Gasteiger partial charge on any atom is 0.231 e. The molecule has 1 radical (unpaired) electrons. The summed E-state index contributed by atoms with van der Waals surface area (Å²) in [7, 11) is 0. The van der Waals surface area contributed by atoms with Crippen LogP contribution in [0.3, 0.4) is 0 Å². The molecule has 3 fully saturated rings. The second kappa shape index (κ2) is 7.20. The smallest absolute Gasteiger partial charge is 0.231 e. The number of carbonyl (C=O) groups excluding carboxylic acids is 2. The number of aldehydes is 1. The van der Waals surface area contributed by atoms with Crippen molar-refractivity contribution in [3.05, 3.63) is 0 Å². The van der Waals surface area contributed by atoms with Crippen LogP contribution in [0.1, 0.15) is 57.8 Å². The average Bonchev–Trinajstić information content (AvgIpc) is 2.91. The Hall–Kier alpha value is -0.780. The van der Waals surface area contributed by atoms with E-state index in [1.165, 1.54) is 32.1 Å². The summed E-state index contributed by atoms with van der Waals surface area (Å²) in [6, 6.07) is 0. The second-order valence-electron chi connectivity index (χ2n) is 6.90. The fourth-order valence-corrected chi connectivity index (χ4v) is 4.46. The Balaban J connectivity index is 1.84. The maximum atomic E-state index is 12.4. The molecule has 2 atom stereocenters. The van der Waals surface area contributed by atoms with Gasteiger partial charge in [0.15, 0.2) is 11.9 Å². The summed E-state index contributed by atoms with van der Waals surface area (Å²) >= 11 is 0. The van der Waals surface area contributed by atoms with Crippen LogP contribution >= 0.6 is 0 Å². The third-order valence-corrected chi connectivity index (χ3v) is 5.57. The number of nitrogens with zero attached hydrogens (tertiary/aromatic N) is 3. The van der Waals surface area contributed by atoms with Gasteiger partial charge in [-0.2, -0.15) is 0 Å². The zero-order valence-corrected chi connectivity index (χ0v) is 13.5. The van der Waals surface area contributed by atoms with Crippen LogP contribution in [0.5, 0.6) is 0 Å². The number of hydrogen-bond donors (Lipinski definition) is 0. The van der Waals surface area contributed by atoms with E-state index >= 15 is 0 Å². The van der Waals surface area contributed by atoms with Crippen molar-refractivity contribution < 1.29 is 9.59 Å². The molecule has 0 aromatic heterocycles. The predicted octanol–water partition coefficient (Wildman–Crippen LogP) is 1.54. The minimum absolute atomic E-state index is 0.289. The number of piperidine rings is 1. The molecule has 3 rings (SSSR count). The van der Waals surface area contributed by atoms with Gasteiger partial charge in [-0.25, -0.2) is 5.32 Å². The first-order valence-electron chi connectivity index (χ1n) is 8.97. The summed E-state index contributed by atoms with van der Waals surface area (Å²) < 4.78 is 0. The van der Waals surface area contributed by atoms with Crippen molar-refractivity contribution >= 4 is 12.1 Å². The van der Waals surface area contributed by atoms with E-state index in [1.807, 2.05) is 0 Å². The van der Waals surface area contributed by atoms with Gasteiger partial charge in [0.25, 0.3) is 0 Å². The molecule has 0 spiro atoms. The molecule has 0 amide bonds. The Kier molecular flexibility index (Phi) is 5.26. The van der Waals surface area contributed by atoms with Gasteiger partial charge in [-0.05, 0) is 58.0 Å². The molecule has 0 aliphatic carbocycles. The molecule has 0 aromatic carbocycles. The number of ketones is 1. The highest BCUT2D eigenvalue weighted by Crippen LogP contribution is 2.34. The van der Waals surface area contributed by atoms with E-state index in [0.717, 1.165) is 45.3 Å². The zero-order valence-electron chi connectivity index (χ0n) is 13.5. The minimum Gasteiger partial charge on any atom is -0.294 e. The first kappa shape index (κ1) is 16.1. The molecule has 123 valence electrons. The molecule has 0 saturated carbocycles. The molecule has 0 bridgehead atoms. The maximum absolute atomic E-state index is 12.4. The standard InChI is InChI=1S/C17H28N3O2/c21-14-15(22)17(9-7-10-18-17)20-13-6-3-8-16(20)19-11-4-1-2-5-12-19/h14,16H,1-13H2. The first-order chi connectivity index (χ1) is 10.8. The first-order valence-corrected chi connectivity index (χ1v) is 8.97. The van der Waals surface area contributed by atoms with Crippen molar-refractivity contribution in [2.45, 2.75) is 69.6 Å². The van der Waals surface area contributed by atoms with Crippen molar-refractivity contribution in [2.75, 3.05) is 26.2 Å². The van der Waals surface area contributed by atoms with Crippen LogP contribution in [0.2, 0.25) is 0 Å². The van der Waals surface area contributed by atoms with Crippen LogP contribution in [0.25, 0.3) is 0 Å². The molecule has 3 aliphatic heterocycles. The number of rotatable bonds is 4. The van der Waals surface area contributed by atoms with Gasteiger partial charge in [-0.15, -0.1) is 0 Å². The van der Waals surface area contributed by atoms with Gasteiger partial charge in [-0.3, -0.25) is 19.4 Å². The summed E-state index contributed by atoms with van der Waals surface area (Å²) in [6.07, 6.45) is 11.0. The number of likely N-dealkylation sites (tertiary alicyclic amines) is 2. The monoisotopic (exact) mass is 306 g/mol. The Bertz CT molecular complexity index is 399. The zero-order chi connectivity index (χ0) is 15.4. The number of hydrogen-bond acceptors (Lipinski definition) is 4. The molecule has 3 heterocycles. The highest BCUT2D eigenvalue weighted by Gasteiger charge is 2.50. The Morgan fingerprint density at radius 1 is 1.00 bits per heavy atom. The van der Waals surface area contributed by atoms with Crippen LogP contribution in [0.4, 0.5) is 0 Å². The van der Waals surface area contributed by atoms with Gasteiger partial charge < -0.3 is 0 Å². The van der Waals surface area contributed by atoms with Crippen LogP contribution in [-0.4, -0.2) is 59.9 Å². The normalized spacial score (nSPS) is 35.2. The molecular weight excluding hydrogens is 278 g/mol. The fraction of sp³-hybridized carbons (Fsp3) is 0.882. The van der Waals surface area contributed by atoms with Gasteiger partial charge >= 0.3 is 0 Å². The van der Waals surface area contributed by atoms with Crippen LogP contribution < -0.4 is 5.32 Å². The molecule has 2 unspecified atom stereocenters. The third kappa shape index (κ3) is 2.99. The van der Waals surface area contributed by atoms with Crippen LogP contribution in [0.15, 0.2) is 0 Å². The van der Waals surface area contributed by atoms with Gasteiger partial charge in [-0.1, -0.05) is 12.8 Å². The van der Waals surface area contributed by atoms with Crippen molar-refractivity contribution in [1.29, 1.82) is 0 Å². The van der Waals surface area contributed by atoms with Crippen LogP contribution in [0, 0.1) is 0 Å². The highest BCUT2D eigenvalue weighted by molar-refractivity contribution is 6.29. The van der Waals surface area contributed by atoms with E-state index in [4.69, 9.17) is 0 Å². The largest absolute Gasteiger partial charge is 0.294 e. The number of carbonyl (C=O) groups is 2. The molecule has 5 nitrogen and oxygen atoms in total. The Morgan fingerprint density at radius 3 is 2.36 bits per heavy atom. The molecule has 22 heavy (non-hydrogen) atoms. The van der Waals surface area contributed by atoms with E-state index in [9.17, 15) is 9.59 Å². The van der Waals surface area contributed by atoms with Crippen LogP contribution in [-0.2, 0) is 9.59 Å². The van der Waals surface area contributed by atoms with E-state index in [1.54, 1.807) is 0 Å². The summed E-state index contributed by atoms with van der Waals surface area (Å²) in [5.74, 6) is -0.327. The van der Waals surface area contributed by atoms with E-state index in [0.29, 0.717) is 12.8 Å². The van der Waals surface area contributed by atoms with Crippen molar-refractivity contribution in [3.8, 4) is 0 Å². The van der Waals surface area contributed by atoms with E-state index < -0.39 is 5.66 Å². The lowest BCUT2D eigenvalue weighted by Gasteiger charge is -2.49. The lowest BCUT2D eigenvalue weighted by Crippen LogP contribution is -2.66. The van der Waals surface area contributed by atoms with E-state index in [2.05, 4.69) is 15.1 Å². The lowest BCUT2D eigenvalue weighted by atomic mass is 9.95. The quantitative estimate of drug-likeness (QED) is 0.584. The van der Waals surface area contributed by atoms with Crippen molar-refractivity contribution in [1.82, 2.24) is 15.1 Å². The Labute approximate surface area is 133 Å². The molecule has 5 heteroatoms. The second-order valence-corrected chi connectivity index (χ2v) is 6.90. The van der Waals surface area contributed by atoms with Gasteiger partial charge in [0.2, 0.25) is 5.78 Å². The lowest BCUT2D eigenvalue weighted by molar-refractivity contribution is -0.147. The summed E-state index contributed by atoms with van der Waals surface area (Å²) in [6.45, 7) is 3.84. The third-order valence-electron chi connectivity index (χ3n) is 5.57. The van der Waals surface area contributed by atoms with E-state index in [-0.39, 0.29) is 11.9 Å². The molecule has 3 aliphatic rings. The van der Waals surface area contributed by atoms with Gasteiger partial charge in [0.05, 0.1) is 6.17 Å². The fourth-order valence-electron chi connectivity index (χ4n) is 4.46.